The summed E-state index contributed by atoms with van der Waals surface area (Å²) in [6, 6.07) is 21.2. The second-order valence-electron chi connectivity index (χ2n) is 4.81. The van der Waals surface area contributed by atoms with E-state index in [1.165, 1.54) is 0 Å². The van der Waals surface area contributed by atoms with Crippen LogP contribution >= 0.6 is 11.6 Å². The van der Waals surface area contributed by atoms with E-state index >= 15 is 0 Å². The molecule has 0 radical (unpaired) electrons. The standard InChI is InChI=1S/C18H14ClNO/c19-12-13-8-10-15(11-9-13)18(21)20-17-7-3-5-14-4-1-2-6-16(14)17/h1-11H,12H2,(H,20,21). The molecule has 1 N–H and O–H groups in total. The predicted molar refractivity (Wildman–Crippen MR) is 87.9 cm³/mol. The molecular formula is C18H14ClNO. The Bertz CT molecular complexity index is 775. The molecule has 2 nitrogen and oxygen atoms in total. The second kappa shape index (κ2) is 5.98. The molecule has 0 aliphatic heterocycles. The Kier molecular flexibility index (Phi) is 3.89. The fraction of sp³-hybridized carbons (Fsp3) is 0.0556. The summed E-state index contributed by atoms with van der Waals surface area (Å²) < 4.78 is 0. The van der Waals surface area contributed by atoms with Gasteiger partial charge < -0.3 is 5.32 Å². The molecule has 1 amide bonds. The van der Waals surface area contributed by atoms with Crippen LogP contribution in [0.3, 0.4) is 0 Å². The first kappa shape index (κ1) is 13.7. The van der Waals surface area contributed by atoms with Crippen LogP contribution in [0.2, 0.25) is 0 Å². The van der Waals surface area contributed by atoms with E-state index in [4.69, 9.17) is 11.6 Å². The van der Waals surface area contributed by atoms with E-state index in [0.717, 1.165) is 22.0 Å². The van der Waals surface area contributed by atoms with Crippen molar-refractivity contribution in [3.63, 3.8) is 0 Å². The molecule has 0 heterocycles. The number of fused-ring (bicyclic) bond motifs is 1. The molecule has 0 saturated heterocycles. The number of halogens is 1. The number of carbonyl (C=O) groups is 1. The van der Waals surface area contributed by atoms with Crippen molar-refractivity contribution in [2.24, 2.45) is 0 Å². The van der Waals surface area contributed by atoms with Crippen molar-refractivity contribution in [2.75, 3.05) is 5.32 Å². The van der Waals surface area contributed by atoms with Crippen molar-refractivity contribution in [2.45, 2.75) is 5.88 Å². The fourth-order valence-corrected chi connectivity index (χ4v) is 2.45. The molecule has 0 aliphatic rings. The number of amides is 1. The number of carbonyl (C=O) groups excluding carboxylic acids is 1. The fourth-order valence-electron chi connectivity index (χ4n) is 2.27. The van der Waals surface area contributed by atoms with Gasteiger partial charge in [0.2, 0.25) is 0 Å². The lowest BCUT2D eigenvalue weighted by molar-refractivity contribution is 0.102. The summed E-state index contributed by atoms with van der Waals surface area (Å²) in [5, 5.41) is 5.10. The van der Waals surface area contributed by atoms with Gasteiger partial charge in [-0.1, -0.05) is 48.5 Å². The molecule has 104 valence electrons. The summed E-state index contributed by atoms with van der Waals surface area (Å²) in [4.78, 5) is 12.3. The van der Waals surface area contributed by atoms with Crippen LogP contribution < -0.4 is 5.32 Å². The van der Waals surface area contributed by atoms with Crippen LogP contribution in [0.4, 0.5) is 5.69 Å². The molecule has 0 atom stereocenters. The number of alkyl halides is 1. The number of rotatable bonds is 3. The average molecular weight is 296 g/mol. The minimum Gasteiger partial charge on any atom is -0.321 e. The topological polar surface area (TPSA) is 29.1 Å². The molecule has 0 saturated carbocycles. The number of anilines is 1. The number of hydrogen-bond donors (Lipinski definition) is 1. The molecule has 3 aromatic carbocycles. The molecule has 0 aliphatic carbocycles. The maximum Gasteiger partial charge on any atom is 0.255 e. The van der Waals surface area contributed by atoms with E-state index < -0.39 is 0 Å². The number of nitrogens with one attached hydrogen (secondary N) is 1. The maximum atomic E-state index is 12.3. The SMILES string of the molecule is O=C(Nc1cccc2ccccc12)c1ccc(CCl)cc1. The summed E-state index contributed by atoms with van der Waals surface area (Å²) in [5.41, 5.74) is 2.44. The smallest absolute Gasteiger partial charge is 0.255 e. The van der Waals surface area contributed by atoms with E-state index in [1.807, 2.05) is 54.6 Å². The first-order chi connectivity index (χ1) is 10.3. The molecule has 0 fully saturated rings. The Morgan fingerprint density at radius 3 is 2.38 bits per heavy atom. The molecular weight excluding hydrogens is 282 g/mol. The lowest BCUT2D eigenvalue weighted by atomic mass is 10.1. The summed E-state index contributed by atoms with van der Waals surface area (Å²) in [6.45, 7) is 0. The largest absolute Gasteiger partial charge is 0.321 e. The Hall–Kier alpha value is -2.32. The van der Waals surface area contributed by atoms with Gasteiger partial charge in [0.15, 0.2) is 0 Å². The zero-order valence-corrected chi connectivity index (χ0v) is 12.1. The van der Waals surface area contributed by atoms with Gasteiger partial charge in [0, 0.05) is 22.5 Å². The predicted octanol–water partition coefficient (Wildman–Crippen LogP) is 4.83. The molecule has 21 heavy (non-hydrogen) atoms. The third-order valence-corrected chi connectivity index (χ3v) is 3.72. The molecule has 0 unspecified atom stereocenters. The molecule has 3 rings (SSSR count). The third kappa shape index (κ3) is 2.91. The second-order valence-corrected chi connectivity index (χ2v) is 5.08. The van der Waals surface area contributed by atoms with Crippen LogP contribution in [0.1, 0.15) is 15.9 Å². The van der Waals surface area contributed by atoms with Crippen LogP contribution in [0.5, 0.6) is 0 Å². The minimum absolute atomic E-state index is 0.118. The van der Waals surface area contributed by atoms with Gasteiger partial charge in [-0.25, -0.2) is 0 Å². The summed E-state index contributed by atoms with van der Waals surface area (Å²) >= 11 is 5.75. The van der Waals surface area contributed by atoms with Gasteiger partial charge in [-0.15, -0.1) is 11.6 Å². The summed E-state index contributed by atoms with van der Waals surface area (Å²) in [7, 11) is 0. The molecule has 0 bridgehead atoms. The molecule has 0 spiro atoms. The monoisotopic (exact) mass is 295 g/mol. The summed E-state index contributed by atoms with van der Waals surface area (Å²) in [6.07, 6.45) is 0. The average Bonchev–Trinajstić information content (AvgIpc) is 2.55. The quantitative estimate of drug-likeness (QED) is 0.689. The molecule has 3 aromatic rings. The van der Waals surface area contributed by atoms with Gasteiger partial charge in [0.05, 0.1) is 0 Å². The minimum atomic E-state index is -0.118. The van der Waals surface area contributed by atoms with Crippen LogP contribution in [0.15, 0.2) is 66.7 Å². The van der Waals surface area contributed by atoms with Gasteiger partial charge in [-0.2, -0.15) is 0 Å². The highest BCUT2D eigenvalue weighted by molar-refractivity contribution is 6.17. The number of benzene rings is 3. The van der Waals surface area contributed by atoms with E-state index in [1.54, 1.807) is 12.1 Å². The van der Waals surface area contributed by atoms with Crippen molar-refractivity contribution >= 4 is 34.0 Å². The Morgan fingerprint density at radius 2 is 1.62 bits per heavy atom. The number of hydrogen-bond acceptors (Lipinski definition) is 1. The van der Waals surface area contributed by atoms with E-state index in [-0.39, 0.29) is 5.91 Å². The lowest BCUT2D eigenvalue weighted by Gasteiger charge is -2.09. The van der Waals surface area contributed by atoms with Crippen molar-refractivity contribution in [3.8, 4) is 0 Å². The highest BCUT2D eigenvalue weighted by Gasteiger charge is 2.08. The van der Waals surface area contributed by atoms with Gasteiger partial charge in [-0.05, 0) is 29.1 Å². The van der Waals surface area contributed by atoms with Crippen LogP contribution in [-0.4, -0.2) is 5.91 Å². The molecule has 3 heteroatoms. The highest BCUT2D eigenvalue weighted by atomic mass is 35.5. The first-order valence-electron chi connectivity index (χ1n) is 6.72. The first-order valence-corrected chi connectivity index (χ1v) is 7.25. The van der Waals surface area contributed by atoms with Gasteiger partial charge in [0.25, 0.3) is 5.91 Å². The Balaban J connectivity index is 1.89. The highest BCUT2D eigenvalue weighted by Crippen LogP contribution is 2.23. The summed E-state index contributed by atoms with van der Waals surface area (Å²) in [5.74, 6) is 0.332. The van der Waals surface area contributed by atoms with E-state index in [2.05, 4.69) is 5.32 Å². The van der Waals surface area contributed by atoms with Gasteiger partial charge >= 0.3 is 0 Å². The van der Waals surface area contributed by atoms with Crippen molar-refractivity contribution in [3.05, 3.63) is 77.9 Å². The normalized spacial score (nSPS) is 10.5. The zero-order chi connectivity index (χ0) is 14.7. The zero-order valence-electron chi connectivity index (χ0n) is 11.3. The molecule has 0 aromatic heterocycles. The van der Waals surface area contributed by atoms with Gasteiger partial charge in [0.1, 0.15) is 0 Å². The maximum absolute atomic E-state index is 12.3. The Morgan fingerprint density at radius 1 is 0.905 bits per heavy atom. The Labute approximate surface area is 128 Å². The lowest BCUT2D eigenvalue weighted by Crippen LogP contribution is -2.12. The van der Waals surface area contributed by atoms with Crippen molar-refractivity contribution < 1.29 is 4.79 Å². The van der Waals surface area contributed by atoms with Crippen LogP contribution in [0, 0.1) is 0 Å². The van der Waals surface area contributed by atoms with Gasteiger partial charge in [-0.3, -0.25) is 4.79 Å². The van der Waals surface area contributed by atoms with E-state index in [9.17, 15) is 4.79 Å². The third-order valence-electron chi connectivity index (χ3n) is 3.41. The van der Waals surface area contributed by atoms with Crippen molar-refractivity contribution in [1.82, 2.24) is 0 Å². The van der Waals surface area contributed by atoms with E-state index in [0.29, 0.717) is 11.4 Å². The van der Waals surface area contributed by atoms with Crippen LogP contribution in [0.25, 0.3) is 10.8 Å². The van der Waals surface area contributed by atoms with Crippen molar-refractivity contribution in [1.29, 1.82) is 0 Å². The van der Waals surface area contributed by atoms with Crippen LogP contribution in [-0.2, 0) is 5.88 Å².